The van der Waals surface area contributed by atoms with Gasteiger partial charge in [0, 0.05) is 31.5 Å². The monoisotopic (exact) mass is 376 g/mol. The van der Waals surface area contributed by atoms with Gasteiger partial charge in [-0.05, 0) is 44.0 Å². The van der Waals surface area contributed by atoms with Gasteiger partial charge in [0.2, 0.25) is 0 Å². The predicted octanol–water partition coefficient (Wildman–Crippen LogP) is 2.09. The van der Waals surface area contributed by atoms with Crippen LogP contribution < -0.4 is 15.5 Å². The van der Waals surface area contributed by atoms with Crippen LogP contribution in [0, 0.1) is 18.3 Å². The third-order valence-electron chi connectivity index (χ3n) is 4.75. The summed E-state index contributed by atoms with van der Waals surface area (Å²) in [5.41, 5.74) is 1.80. The van der Waals surface area contributed by atoms with Crippen LogP contribution >= 0.6 is 0 Å². The predicted molar refractivity (Wildman–Crippen MR) is 104 cm³/mol. The van der Waals surface area contributed by atoms with Crippen LogP contribution in [0.5, 0.6) is 0 Å². The van der Waals surface area contributed by atoms with Crippen LogP contribution in [-0.4, -0.2) is 44.7 Å². The first kappa shape index (κ1) is 17.7. The summed E-state index contributed by atoms with van der Waals surface area (Å²) in [6.45, 7) is 3.27. The lowest BCUT2D eigenvalue weighted by atomic mass is 10.0. The number of pyridine rings is 2. The minimum Gasteiger partial charge on any atom is -0.355 e. The lowest BCUT2D eigenvalue weighted by Gasteiger charge is -2.33. The molecule has 3 aromatic heterocycles. The molecule has 0 aromatic carbocycles. The fraction of sp³-hybridized carbons (Fsp3) is 0.316. The number of urea groups is 1. The van der Waals surface area contributed by atoms with Crippen LogP contribution in [0.4, 0.5) is 16.3 Å². The van der Waals surface area contributed by atoms with Gasteiger partial charge in [0.15, 0.2) is 5.65 Å². The molecule has 1 aliphatic rings. The van der Waals surface area contributed by atoms with Gasteiger partial charge in [0.05, 0.1) is 11.3 Å². The van der Waals surface area contributed by atoms with Gasteiger partial charge in [-0.15, -0.1) is 0 Å². The summed E-state index contributed by atoms with van der Waals surface area (Å²) in [7, 11) is 0. The van der Waals surface area contributed by atoms with Crippen molar-refractivity contribution in [3.05, 3.63) is 48.0 Å². The minimum absolute atomic E-state index is 0.0600. The van der Waals surface area contributed by atoms with E-state index in [1.807, 2.05) is 13.0 Å². The molecule has 9 heteroatoms. The van der Waals surface area contributed by atoms with Gasteiger partial charge >= 0.3 is 6.03 Å². The van der Waals surface area contributed by atoms with Crippen LogP contribution in [0.3, 0.4) is 0 Å². The van der Waals surface area contributed by atoms with Gasteiger partial charge < -0.3 is 15.5 Å². The fourth-order valence-electron chi connectivity index (χ4n) is 3.43. The summed E-state index contributed by atoms with van der Waals surface area (Å²) in [4.78, 5) is 23.2. The maximum absolute atomic E-state index is 12.4. The Labute approximate surface area is 162 Å². The van der Waals surface area contributed by atoms with Crippen molar-refractivity contribution in [2.45, 2.75) is 25.8 Å². The Morgan fingerprint density at radius 3 is 2.89 bits per heavy atom. The SMILES string of the molecule is Cc1nc2c(NC(=O)NC3CCN(c4ncccc4C#N)CC3)cccn2n1. The lowest BCUT2D eigenvalue weighted by Crippen LogP contribution is -2.46. The molecule has 0 bridgehead atoms. The van der Waals surface area contributed by atoms with E-state index < -0.39 is 0 Å². The highest BCUT2D eigenvalue weighted by Crippen LogP contribution is 2.21. The zero-order chi connectivity index (χ0) is 19.5. The number of nitrogens with one attached hydrogen (secondary N) is 2. The number of carbonyl (C=O) groups is 1. The minimum atomic E-state index is -0.261. The summed E-state index contributed by atoms with van der Waals surface area (Å²) in [5.74, 6) is 1.36. The second kappa shape index (κ2) is 7.52. The molecule has 2 N–H and O–H groups in total. The molecule has 0 unspecified atom stereocenters. The first-order valence-electron chi connectivity index (χ1n) is 9.13. The van der Waals surface area contributed by atoms with Crippen LogP contribution in [-0.2, 0) is 0 Å². The van der Waals surface area contributed by atoms with E-state index in [9.17, 15) is 10.1 Å². The Bertz CT molecular complexity index is 1050. The summed E-state index contributed by atoms with van der Waals surface area (Å²) in [5, 5.41) is 19.4. The number of hydrogen-bond acceptors (Lipinski definition) is 6. The van der Waals surface area contributed by atoms with Crippen molar-refractivity contribution in [3.63, 3.8) is 0 Å². The molecule has 0 aliphatic carbocycles. The van der Waals surface area contributed by atoms with E-state index in [-0.39, 0.29) is 12.1 Å². The van der Waals surface area contributed by atoms with Crippen LogP contribution in [0.2, 0.25) is 0 Å². The van der Waals surface area contributed by atoms with Crippen molar-refractivity contribution < 1.29 is 4.79 Å². The maximum Gasteiger partial charge on any atom is 0.319 e. The number of aryl methyl sites for hydroxylation is 1. The molecule has 28 heavy (non-hydrogen) atoms. The first-order valence-corrected chi connectivity index (χ1v) is 9.13. The number of aromatic nitrogens is 4. The van der Waals surface area contributed by atoms with E-state index in [1.165, 1.54) is 0 Å². The van der Waals surface area contributed by atoms with Gasteiger partial charge in [-0.3, -0.25) is 0 Å². The molecule has 0 saturated carbocycles. The summed E-state index contributed by atoms with van der Waals surface area (Å²) < 4.78 is 1.64. The Morgan fingerprint density at radius 2 is 2.11 bits per heavy atom. The van der Waals surface area contributed by atoms with Crippen molar-refractivity contribution in [2.75, 3.05) is 23.3 Å². The van der Waals surface area contributed by atoms with E-state index in [0.29, 0.717) is 28.5 Å². The third-order valence-corrected chi connectivity index (χ3v) is 4.75. The van der Waals surface area contributed by atoms with Crippen LogP contribution in [0.15, 0.2) is 36.7 Å². The summed E-state index contributed by atoms with van der Waals surface area (Å²) in [6.07, 6.45) is 5.05. The maximum atomic E-state index is 12.4. The van der Waals surface area contributed by atoms with Crippen molar-refractivity contribution in [2.24, 2.45) is 0 Å². The number of nitriles is 1. The van der Waals surface area contributed by atoms with Crippen LogP contribution in [0.1, 0.15) is 24.2 Å². The summed E-state index contributed by atoms with van der Waals surface area (Å²) in [6, 6.07) is 9.13. The van der Waals surface area contributed by atoms with Crippen molar-refractivity contribution in [3.8, 4) is 6.07 Å². The average molecular weight is 376 g/mol. The molecule has 0 radical (unpaired) electrons. The Kier molecular flexibility index (Phi) is 4.76. The highest BCUT2D eigenvalue weighted by atomic mass is 16.2. The van der Waals surface area contributed by atoms with Crippen LogP contribution in [0.25, 0.3) is 5.65 Å². The van der Waals surface area contributed by atoms with E-state index in [2.05, 4.69) is 36.7 Å². The first-order chi connectivity index (χ1) is 13.6. The van der Waals surface area contributed by atoms with Gasteiger partial charge in [0.25, 0.3) is 0 Å². The molecule has 1 saturated heterocycles. The largest absolute Gasteiger partial charge is 0.355 e. The van der Waals surface area contributed by atoms with Crippen molar-refractivity contribution in [1.82, 2.24) is 24.9 Å². The van der Waals surface area contributed by atoms with Gasteiger partial charge in [-0.1, -0.05) is 0 Å². The molecular formula is C19H20N8O. The number of piperidine rings is 1. The Morgan fingerprint density at radius 1 is 1.29 bits per heavy atom. The molecule has 4 rings (SSSR count). The molecule has 1 aliphatic heterocycles. The quantitative estimate of drug-likeness (QED) is 0.724. The number of anilines is 2. The van der Waals surface area contributed by atoms with E-state index >= 15 is 0 Å². The smallest absolute Gasteiger partial charge is 0.319 e. The zero-order valence-electron chi connectivity index (χ0n) is 15.5. The number of nitrogens with zero attached hydrogens (tertiary/aromatic N) is 6. The molecule has 0 atom stereocenters. The van der Waals surface area contributed by atoms with Gasteiger partial charge in [-0.25, -0.2) is 19.3 Å². The lowest BCUT2D eigenvalue weighted by molar-refractivity contribution is 0.246. The molecule has 3 aromatic rings. The molecule has 4 heterocycles. The van der Waals surface area contributed by atoms with Crippen molar-refractivity contribution >= 4 is 23.2 Å². The molecule has 9 nitrogen and oxygen atoms in total. The number of amides is 2. The van der Waals surface area contributed by atoms with Gasteiger partial charge in [0.1, 0.15) is 17.7 Å². The highest BCUT2D eigenvalue weighted by Gasteiger charge is 2.23. The van der Waals surface area contributed by atoms with E-state index in [1.54, 1.807) is 35.1 Å². The number of carbonyl (C=O) groups excluding carboxylic acids is 1. The number of hydrogen-bond donors (Lipinski definition) is 2. The topological polar surface area (TPSA) is 111 Å². The third kappa shape index (κ3) is 3.57. The molecule has 2 amide bonds. The molecule has 1 fully saturated rings. The number of rotatable bonds is 3. The van der Waals surface area contributed by atoms with Gasteiger partial charge in [-0.2, -0.15) is 10.4 Å². The zero-order valence-corrected chi connectivity index (χ0v) is 15.5. The Balaban J connectivity index is 1.36. The summed E-state index contributed by atoms with van der Waals surface area (Å²) >= 11 is 0. The molecule has 142 valence electrons. The highest BCUT2D eigenvalue weighted by molar-refractivity contribution is 5.93. The standard InChI is InChI=1S/C19H20N8O/c1-13-22-18-16(5-3-9-27(18)25-13)24-19(28)23-15-6-10-26(11-7-15)17-14(12-20)4-2-8-21-17/h2-5,8-9,15H,6-7,10-11H2,1H3,(H2,23,24,28). The second-order valence-electron chi connectivity index (χ2n) is 6.70. The molecule has 0 spiro atoms. The van der Waals surface area contributed by atoms with E-state index in [4.69, 9.17) is 0 Å². The average Bonchev–Trinajstić information content (AvgIpc) is 3.10. The second-order valence-corrected chi connectivity index (χ2v) is 6.70. The molecular weight excluding hydrogens is 356 g/mol. The number of fused-ring (bicyclic) bond motifs is 1. The fourth-order valence-corrected chi connectivity index (χ4v) is 3.43. The van der Waals surface area contributed by atoms with Crippen molar-refractivity contribution in [1.29, 1.82) is 5.26 Å². The Hall–Kier alpha value is -3.67. The normalized spacial score (nSPS) is 14.6. The van der Waals surface area contributed by atoms with E-state index in [0.717, 1.165) is 25.9 Å².